The van der Waals surface area contributed by atoms with Gasteiger partial charge in [-0.2, -0.15) is 11.3 Å². The standard InChI is InChI=1S/C12H19NS/c1-9(12-5-6-14-8-12)7-13-10(2)11-3-4-11/h5-6,8-11,13H,3-4,7H2,1-2H3. The first-order valence-electron chi connectivity index (χ1n) is 5.53. The monoisotopic (exact) mass is 209 g/mol. The summed E-state index contributed by atoms with van der Waals surface area (Å²) in [6, 6.07) is 2.95. The molecule has 14 heavy (non-hydrogen) atoms. The van der Waals surface area contributed by atoms with E-state index in [-0.39, 0.29) is 0 Å². The van der Waals surface area contributed by atoms with Crippen molar-refractivity contribution in [2.45, 2.75) is 38.6 Å². The third-order valence-electron chi connectivity index (χ3n) is 3.19. The molecule has 1 aliphatic rings. The van der Waals surface area contributed by atoms with E-state index in [9.17, 15) is 0 Å². The molecule has 1 aliphatic carbocycles. The molecule has 0 bridgehead atoms. The van der Waals surface area contributed by atoms with Crippen molar-refractivity contribution in [3.63, 3.8) is 0 Å². The van der Waals surface area contributed by atoms with E-state index in [4.69, 9.17) is 0 Å². The Hall–Kier alpha value is -0.340. The SMILES string of the molecule is CC(CNC(C)C1CC1)c1ccsc1. The van der Waals surface area contributed by atoms with Crippen molar-refractivity contribution in [1.82, 2.24) is 5.32 Å². The number of nitrogens with one attached hydrogen (secondary N) is 1. The van der Waals surface area contributed by atoms with Gasteiger partial charge in [0.15, 0.2) is 0 Å². The zero-order valence-corrected chi connectivity index (χ0v) is 9.81. The Morgan fingerprint density at radius 1 is 1.50 bits per heavy atom. The van der Waals surface area contributed by atoms with Crippen molar-refractivity contribution < 1.29 is 0 Å². The van der Waals surface area contributed by atoms with Crippen LogP contribution in [0.25, 0.3) is 0 Å². The van der Waals surface area contributed by atoms with Crippen molar-refractivity contribution in [1.29, 1.82) is 0 Å². The largest absolute Gasteiger partial charge is 0.313 e. The van der Waals surface area contributed by atoms with Gasteiger partial charge in [0.1, 0.15) is 0 Å². The van der Waals surface area contributed by atoms with Crippen LogP contribution in [-0.2, 0) is 0 Å². The van der Waals surface area contributed by atoms with Gasteiger partial charge in [-0.25, -0.2) is 0 Å². The van der Waals surface area contributed by atoms with E-state index >= 15 is 0 Å². The number of hydrogen-bond acceptors (Lipinski definition) is 2. The molecule has 2 unspecified atom stereocenters. The topological polar surface area (TPSA) is 12.0 Å². The molecular formula is C12H19NS. The van der Waals surface area contributed by atoms with Crippen LogP contribution in [0.2, 0.25) is 0 Å². The van der Waals surface area contributed by atoms with Crippen molar-refractivity contribution in [2.24, 2.45) is 5.92 Å². The maximum Gasteiger partial charge on any atom is 0.00672 e. The van der Waals surface area contributed by atoms with Crippen LogP contribution < -0.4 is 5.32 Å². The average molecular weight is 209 g/mol. The van der Waals surface area contributed by atoms with Gasteiger partial charge in [0.25, 0.3) is 0 Å². The Morgan fingerprint density at radius 2 is 2.29 bits per heavy atom. The third-order valence-corrected chi connectivity index (χ3v) is 3.89. The summed E-state index contributed by atoms with van der Waals surface area (Å²) >= 11 is 1.79. The van der Waals surface area contributed by atoms with Crippen molar-refractivity contribution in [3.05, 3.63) is 22.4 Å². The van der Waals surface area contributed by atoms with Gasteiger partial charge in [-0.05, 0) is 54.0 Å². The second kappa shape index (κ2) is 4.45. The van der Waals surface area contributed by atoms with Crippen LogP contribution in [0.1, 0.15) is 38.2 Å². The van der Waals surface area contributed by atoms with Crippen LogP contribution in [0.4, 0.5) is 0 Å². The molecule has 1 heterocycles. The quantitative estimate of drug-likeness (QED) is 0.785. The van der Waals surface area contributed by atoms with Crippen molar-refractivity contribution in [3.8, 4) is 0 Å². The summed E-state index contributed by atoms with van der Waals surface area (Å²) < 4.78 is 0. The molecular weight excluding hydrogens is 190 g/mol. The second-order valence-corrected chi connectivity index (χ2v) is 5.27. The first-order chi connectivity index (χ1) is 6.77. The summed E-state index contributed by atoms with van der Waals surface area (Å²) in [7, 11) is 0. The van der Waals surface area contributed by atoms with E-state index in [1.807, 2.05) is 0 Å². The molecule has 0 radical (unpaired) electrons. The molecule has 0 aromatic carbocycles. The average Bonchev–Trinajstić information content (AvgIpc) is 2.90. The van der Waals surface area contributed by atoms with Crippen LogP contribution >= 0.6 is 11.3 Å². The van der Waals surface area contributed by atoms with Crippen LogP contribution in [0.15, 0.2) is 16.8 Å². The molecule has 78 valence electrons. The van der Waals surface area contributed by atoms with E-state index < -0.39 is 0 Å². The third kappa shape index (κ3) is 2.58. The molecule has 1 aromatic rings. The van der Waals surface area contributed by atoms with E-state index in [1.54, 1.807) is 11.3 Å². The van der Waals surface area contributed by atoms with Crippen molar-refractivity contribution >= 4 is 11.3 Å². The minimum absolute atomic E-state index is 0.655. The molecule has 0 amide bonds. The van der Waals surface area contributed by atoms with Gasteiger partial charge in [-0.15, -0.1) is 0 Å². The molecule has 2 rings (SSSR count). The molecule has 1 nitrogen and oxygen atoms in total. The van der Waals surface area contributed by atoms with Gasteiger partial charge in [-0.1, -0.05) is 6.92 Å². The van der Waals surface area contributed by atoms with Gasteiger partial charge < -0.3 is 5.32 Å². The van der Waals surface area contributed by atoms with Gasteiger partial charge >= 0.3 is 0 Å². The summed E-state index contributed by atoms with van der Waals surface area (Å²) in [5, 5.41) is 8.06. The Balaban J connectivity index is 1.74. The van der Waals surface area contributed by atoms with Crippen molar-refractivity contribution in [2.75, 3.05) is 6.54 Å². The van der Waals surface area contributed by atoms with E-state index in [1.165, 1.54) is 18.4 Å². The highest BCUT2D eigenvalue weighted by Gasteiger charge is 2.27. The molecule has 1 saturated carbocycles. The fourth-order valence-electron chi connectivity index (χ4n) is 1.80. The summed E-state index contributed by atoms with van der Waals surface area (Å²) in [6.07, 6.45) is 2.86. The molecule has 0 spiro atoms. The summed E-state index contributed by atoms with van der Waals surface area (Å²) in [6.45, 7) is 5.74. The fraction of sp³-hybridized carbons (Fsp3) is 0.667. The number of hydrogen-bond donors (Lipinski definition) is 1. The number of thiophene rings is 1. The van der Waals surface area contributed by atoms with E-state index in [2.05, 4.69) is 36.0 Å². The van der Waals surface area contributed by atoms with Crippen LogP contribution in [0, 0.1) is 5.92 Å². The Labute approximate surface area is 90.5 Å². The Bertz CT molecular complexity index is 264. The molecule has 0 aliphatic heterocycles. The first-order valence-corrected chi connectivity index (χ1v) is 6.47. The lowest BCUT2D eigenvalue weighted by molar-refractivity contribution is 0.477. The normalized spacial score (nSPS) is 20.7. The molecule has 0 saturated heterocycles. The summed E-state index contributed by atoms with van der Waals surface area (Å²) in [4.78, 5) is 0. The predicted octanol–water partition coefficient (Wildman–Crippen LogP) is 3.24. The highest BCUT2D eigenvalue weighted by molar-refractivity contribution is 7.07. The first kappa shape index (κ1) is 10.2. The van der Waals surface area contributed by atoms with Crippen LogP contribution in [-0.4, -0.2) is 12.6 Å². The zero-order chi connectivity index (χ0) is 9.97. The smallest absolute Gasteiger partial charge is 0.00672 e. The molecule has 1 aromatic heterocycles. The molecule has 1 N–H and O–H groups in total. The second-order valence-electron chi connectivity index (χ2n) is 4.49. The fourth-order valence-corrected chi connectivity index (χ4v) is 2.58. The lowest BCUT2D eigenvalue weighted by Gasteiger charge is -2.16. The maximum atomic E-state index is 3.64. The Morgan fingerprint density at radius 3 is 2.86 bits per heavy atom. The lowest BCUT2D eigenvalue weighted by Crippen LogP contribution is -2.31. The molecule has 1 fully saturated rings. The Kier molecular flexibility index (Phi) is 3.24. The maximum absolute atomic E-state index is 3.64. The van der Waals surface area contributed by atoms with Gasteiger partial charge in [0.05, 0.1) is 0 Å². The summed E-state index contributed by atoms with van der Waals surface area (Å²) in [5.41, 5.74) is 1.48. The van der Waals surface area contributed by atoms with Crippen LogP contribution in [0.3, 0.4) is 0 Å². The van der Waals surface area contributed by atoms with Gasteiger partial charge in [-0.3, -0.25) is 0 Å². The lowest BCUT2D eigenvalue weighted by atomic mass is 10.0. The van der Waals surface area contributed by atoms with Crippen LogP contribution in [0.5, 0.6) is 0 Å². The van der Waals surface area contributed by atoms with Gasteiger partial charge in [0.2, 0.25) is 0 Å². The minimum Gasteiger partial charge on any atom is -0.313 e. The van der Waals surface area contributed by atoms with E-state index in [0.29, 0.717) is 5.92 Å². The van der Waals surface area contributed by atoms with Gasteiger partial charge in [0, 0.05) is 12.6 Å². The van der Waals surface area contributed by atoms with E-state index in [0.717, 1.165) is 18.5 Å². The highest BCUT2D eigenvalue weighted by atomic mass is 32.1. The minimum atomic E-state index is 0.655. The highest BCUT2D eigenvalue weighted by Crippen LogP contribution is 2.32. The molecule has 2 atom stereocenters. The number of rotatable bonds is 5. The summed E-state index contributed by atoms with van der Waals surface area (Å²) in [5.74, 6) is 1.62. The predicted molar refractivity (Wildman–Crippen MR) is 62.9 cm³/mol. The molecule has 2 heteroatoms. The zero-order valence-electron chi connectivity index (χ0n) is 8.99.